The molecule has 1 aromatic carbocycles. The fourth-order valence-corrected chi connectivity index (χ4v) is 2.65. The number of aliphatic hydroxyl groups excluding tert-OH is 1. The molecule has 0 saturated carbocycles. The number of likely N-dealkylation sites (tertiary alicyclic amines) is 1. The maximum absolute atomic E-state index is 12.4. The molecule has 0 radical (unpaired) electrons. The second-order valence-electron chi connectivity index (χ2n) is 5.21. The van der Waals surface area contributed by atoms with Crippen LogP contribution < -0.4 is 5.73 Å². The molecule has 3 rings (SSSR count). The zero-order chi connectivity index (χ0) is 14.8. The third kappa shape index (κ3) is 2.62. The molecule has 1 aliphatic heterocycles. The Morgan fingerprint density at radius 1 is 1.33 bits per heavy atom. The molecular weight excluding hydrogens is 268 g/mol. The summed E-state index contributed by atoms with van der Waals surface area (Å²) >= 11 is 0. The first kappa shape index (κ1) is 13.6. The van der Waals surface area contributed by atoms with Gasteiger partial charge < -0.3 is 15.7 Å². The predicted molar refractivity (Wildman–Crippen MR) is 79.1 cm³/mol. The second kappa shape index (κ2) is 5.57. The van der Waals surface area contributed by atoms with Gasteiger partial charge >= 0.3 is 0 Å². The molecule has 1 amide bonds. The van der Waals surface area contributed by atoms with Crippen LogP contribution >= 0.6 is 0 Å². The number of carbonyl (C=O) groups excluding carboxylic acids is 1. The molecule has 0 unspecified atom stereocenters. The van der Waals surface area contributed by atoms with Crippen LogP contribution in [-0.4, -0.2) is 44.9 Å². The van der Waals surface area contributed by atoms with Gasteiger partial charge in [0, 0.05) is 18.4 Å². The molecule has 110 valence electrons. The molecule has 0 aliphatic carbocycles. The van der Waals surface area contributed by atoms with Crippen molar-refractivity contribution in [2.45, 2.75) is 18.9 Å². The molecule has 1 atom stereocenters. The smallest absolute Gasteiger partial charge is 0.274 e. The number of amides is 1. The van der Waals surface area contributed by atoms with Gasteiger partial charge in [0.2, 0.25) is 0 Å². The monoisotopic (exact) mass is 286 g/mol. The first-order chi connectivity index (χ1) is 10.2. The van der Waals surface area contributed by atoms with Crippen LogP contribution in [0.1, 0.15) is 23.3 Å². The van der Waals surface area contributed by atoms with E-state index in [4.69, 9.17) is 5.73 Å². The van der Waals surface area contributed by atoms with E-state index in [2.05, 4.69) is 5.10 Å². The molecule has 2 aromatic rings. The highest BCUT2D eigenvalue weighted by Gasteiger charge is 2.29. The minimum atomic E-state index is -0.124. The number of hydrogen-bond acceptors (Lipinski definition) is 4. The Hall–Kier alpha value is -2.34. The third-order valence-electron chi connectivity index (χ3n) is 3.81. The first-order valence-corrected chi connectivity index (χ1v) is 7.02. The average Bonchev–Trinajstić information content (AvgIpc) is 3.16. The van der Waals surface area contributed by atoms with Crippen LogP contribution in [0, 0.1) is 0 Å². The molecule has 3 N–H and O–H groups in total. The molecule has 6 nitrogen and oxygen atoms in total. The van der Waals surface area contributed by atoms with Crippen LogP contribution in [0.3, 0.4) is 0 Å². The van der Waals surface area contributed by atoms with Crippen molar-refractivity contribution in [2.24, 2.45) is 0 Å². The van der Waals surface area contributed by atoms with Gasteiger partial charge in [-0.15, -0.1) is 0 Å². The van der Waals surface area contributed by atoms with Crippen molar-refractivity contribution in [1.29, 1.82) is 0 Å². The average molecular weight is 286 g/mol. The highest BCUT2D eigenvalue weighted by atomic mass is 16.3. The Kier molecular flexibility index (Phi) is 3.62. The number of benzene rings is 1. The van der Waals surface area contributed by atoms with Gasteiger partial charge in [0.05, 0.1) is 18.3 Å². The molecule has 1 fully saturated rings. The molecule has 1 saturated heterocycles. The number of nitrogen functional groups attached to an aromatic ring is 1. The number of rotatable bonds is 3. The first-order valence-electron chi connectivity index (χ1n) is 7.02. The molecule has 0 bridgehead atoms. The van der Waals surface area contributed by atoms with E-state index < -0.39 is 0 Å². The number of carbonyl (C=O) groups is 1. The van der Waals surface area contributed by atoms with Gasteiger partial charge in [-0.3, -0.25) is 4.79 Å². The molecule has 6 heteroatoms. The number of aliphatic hydroxyl groups is 1. The topological polar surface area (TPSA) is 84.4 Å². The van der Waals surface area contributed by atoms with Gasteiger partial charge in [-0.05, 0) is 43.2 Å². The van der Waals surface area contributed by atoms with Crippen LogP contribution in [0.5, 0.6) is 0 Å². The van der Waals surface area contributed by atoms with E-state index in [-0.39, 0.29) is 18.6 Å². The van der Waals surface area contributed by atoms with Crippen LogP contribution in [-0.2, 0) is 0 Å². The number of nitrogens with zero attached hydrogens (tertiary/aromatic N) is 3. The number of hydrogen-bond donors (Lipinski definition) is 2. The maximum atomic E-state index is 12.4. The SMILES string of the molecule is Nc1ccc(-n2ccc(C(=O)N3CCC[C@H]3CO)n2)cc1. The minimum Gasteiger partial charge on any atom is -0.399 e. The van der Waals surface area contributed by atoms with Gasteiger partial charge in [-0.2, -0.15) is 5.10 Å². The van der Waals surface area contributed by atoms with Crippen LogP contribution in [0.15, 0.2) is 36.5 Å². The Bertz CT molecular complexity index is 635. The second-order valence-corrected chi connectivity index (χ2v) is 5.21. The van der Waals surface area contributed by atoms with Gasteiger partial charge in [0.25, 0.3) is 5.91 Å². The maximum Gasteiger partial charge on any atom is 0.274 e. The van der Waals surface area contributed by atoms with Crippen LogP contribution in [0.4, 0.5) is 5.69 Å². The summed E-state index contributed by atoms with van der Waals surface area (Å²) in [5, 5.41) is 13.6. The van der Waals surface area contributed by atoms with Crippen molar-refractivity contribution in [3.8, 4) is 5.69 Å². The van der Waals surface area contributed by atoms with E-state index >= 15 is 0 Å². The Labute approximate surface area is 122 Å². The fourth-order valence-electron chi connectivity index (χ4n) is 2.65. The summed E-state index contributed by atoms with van der Waals surface area (Å²) in [6, 6.07) is 8.90. The Morgan fingerprint density at radius 2 is 2.10 bits per heavy atom. The molecule has 0 spiro atoms. The van der Waals surface area contributed by atoms with Crippen molar-refractivity contribution < 1.29 is 9.90 Å². The molecule has 1 aromatic heterocycles. The van der Waals surface area contributed by atoms with Gasteiger partial charge in [-0.1, -0.05) is 0 Å². The molecule has 1 aliphatic rings. The van der Waals surface area contributed by atoms with E-state index in [0.717, 1.165) is 18.5 Å². The summed E-state index contributed by atoms with van der Waals surface area (Å²) in [6.45, 7) is 0.684. The zero-order valence-corrected chi connectivity index (χ0v) is 11.6. The summed E-state index contributed by atoms with van der Waals surface area (Å²) in [6.07, 6.45) is 3.53. The zero-order valence-electron chi connectivity index (χ0n) is 11.6. The number of nitrogens with two attached hydrogens (primary N) is 1. The van der Waals surface area contributed by atoms with Crippen molar-refractivity contribution in [3.05, 3.63) is 42.2 Å². The Morgan fingerprint density at radius 3 is 2.81 bits per heavy atom. The fraction of sp³-hybridized carbons (Fsp3) is 0.333. The highest BCUT2D eigenvalue weighted by molar-refractivity contribution is 5.92. The summed E-state index contributed by atoms with van der Waals surface area (Å²) in [5.74, 6) is -0.124. The molecule has 21 heavy (non-hydrogen) atoms. The molecule has 2 heterocycles. The van der Waals surface area contributed by atoms with E-state index in [1.807, 2.05) is 12.1 Å². The minimum absolute atomic E-state index is 0.00438. The lowest BCUT2D eigenvalue weighted by atomic mass is 10.2. The Balaban J connectivity index is 1.81. The van der Waals surface area contributed by atoms with Crippen molar-refractivity contribution in [2.75, 3.05) is 18.9 Å². The lowest BCUT2D eigenvalue weighted by Gasteiger charge is -2.21. The van der Waals surface area contributed by atoms with E-state index in [9.17, 15) is 9.90 Å². The largest absolute Gasteiger partial charge is 0.399 e. The quantitative estimate of drug-likeness (QED) is 0.826. The lowest BCUT2D eigenvalue weighted by Crippen LogP contribution is -2.37. The van der Waals surface area contributed by atoms with Crippen molar-refractivity contribution >= 4 is 11.6 Å². The summed E-state index contributed by atoms with van der Waals surface area (Å²) < 4.78 is 1.65. The lowest BCUT2D eigenvalue weighted by molar-refractivity contribution is 0.0671. The normalized spacial score (nSPS) is 18.1. The number of aromatic nitrogens is 2. The van der Waals surface area contributed by atoms with E-state index in [1.54, 1.807) is 34.0 Å². The van der Waals surface area contributed by atoms with Crippen LogP contribution in [0.25, 0.3) is 5.69 Å². The summed E-state index contributed by atoms with van der Waals surface area (Å²) in [4.78, 5) is 14.1. The van der Waals surface area contributed by atoms with Crippen LogP contribution in [0.2, 0.25) is 0 Å². The third-order valence-corrected chi connectivity index (χ3v) is 3.81. The molecular formula is C15H18N4O2. The summed E-state index contributed by atoms with van der Waals surface area (Å²) in [5.41, 5.74) is 7.59. The van der Waals surface area contributed by atoms with Gasteiger partial charge in [0.1, 0.15) is 0 Å². The van der Waals surface area contributed by atoms with Gasteiger partial charge in [-0.25, -0.2) is 4.68 Å². The highest BCUT2D eigenvalue weighted by Crippen LogP contribution is 2.19. The standard InChI is InChI=1S/C15H18N4O2/c16-11-3-5-12(6-4-11)19-9-7-14(17-19)15(21)18-8-1-2-13(18)10-20/h3-7,9,13,20H,1-2,8,10,16H2/t13-/m0/s1. The van der Waals surface area contributed by atoms with Crippen molar-refractivity contribution in [3.63, 3.8) is 0 Å². The summed E-state index contributed by atoms with van der Waals surface area (Å²) in [7, 11) is 0. The number of anilines is 1. The van der Waals surface area contributed by atoms with E-state index in [1.165, 1.54) is 0 Å². The van der Waals surface area contributed by atoms with Gasteiger partial charge in [0.15, 0.2) is 5.69 Å². The van der Waals surface area contributed by atoms with E-state index in [0.29, 0.717) is 17.9 Å². The van der Waals surface area contributed by atoms with Crippen molar-refractivity contribution in [1.82, 2.24) is 14.7 Å². The predicted octanol–water partition coefficient (Wildman–Crippen LogP) is 1.05.